The van der Waals surface area contributed by atoms with Gasteiger partial charge in [0.05, 0.1) is 19.8 Å². The van der Waals surface area contributed by atoms with Crippen molar-refractivity contribution in [3.63, 3.8) is 0 Å². The van der Waals surface area contributed by atoms with Crippen LogP contribution in [0.2, 0.25) is 0 Å². The standard InChI is InChI=1S/C6H14NO3/c8-4-1-7(2-5-9)3-6-10/h8-9H,1-6H2. The molecule has 1 radical (unpaired) electrons. The van der Waals surface area contributed by atoms with Crippen LogP contribution in [-0.2, 0) is 5.11 Å². The molecule has 0 atom stereocenters. The number of aliphatic hydroxyl groups is 2. The Kier molecular flexibility index (Phi) is 6.84. The van der Waals surface area contributed by atoms with Gasteiger partial charge in [-0.1, -0.05) is 0 Å². The summed E-state index contributed by atoms with van der Waals surface area (Å²) in [6, 6.07) is 0. The molecule has 0 aliphatic rings. The van der Waals surface area contributed by atoms with Gasteiger partial charge in [-0.05, 0) is 0 Å². The zero-order valence-electron chi connectivity index (χ0n) is 5.99. The van der Waals surface area contributed by atoms with Crippen molar-refractivity contribution in [3.8, 4) is 0 Å². The molecule has 10 heavy (non-hydrogen) atoms. The smallest absolute Gasteiger partial charge is 0.0949 e. The molecule has 0 aromatic carbocycles. The molecule has 0 bridgehead atoms. The van der Waals surface area contributed by atoms with Gasteiger partial charge in [0.25, 0.3) is 0 Å². The van der Waals surface area contributed by atoms with Crippen LogP contribution < -0.4 is 0 Å². The van der Waals surface area contributed by atoms with E-state index in [1.165, 1.54) is 0 Å². The maximum Gasteiger partial charge on any atom is 0.0949 e. The summed E-state index contributed by atoms with van der Waals surface area (Å²) in [5, 5.41) is 27.0. The van der Waals surface area contributed by atoms with Gasteiger partial charge in [0.2, 0.25) is 0 Å². The first kappa shape index (κ1) is 9.84. The van der Waals surface area contributed by atoms with Crippen molar-refractivity contribution in [2.75, 3.05) is 39.5 Å². The lowest BCUT2D eigenvalue weighted by Crippen LogP contribution is -2.32. The Morgan fingerprint density at radius 1 is 1.00 bits per heavy atom. The second kappa shape index (κ2) is 6.95. The SMILES string of the molecule is [O]CCN(CCO)CCO. The van der Waals surface area contributed by atoms with Crippen LogP contribution in [0.3, 0.4) is 0 Å². The Labute approximate surface area is 60.7 Å². The Balaban J connectivity index is 3.30. The first-order chi connectivity index (χ1) is 4.85. The number of rotatable bonds is 6. The maximum absolute atomic E-state index is 10.1. The van der Waals surface area contributed by atoms with Crippen molar-refractivity contribution in [2.24, 2.45) is 0 Å². The molecule has 0 unspecified atom stereocenters. The Morgan fingerprint density at radius 2 is 1.50 bits per heavy atom. The summed E-state index contributed by atoms with van der Waals surface area (Å²) in [6.45, 7) is 1.26. The molecule has 0 fully saturated rings. The highest BCUT2D eigenvalue weighted by Crippen LogP contribution is 1.84. The summed E-state index contributed by atoms with van der Waals surface area (Å²) >= 11 is 0. The predicted molar refractivity (Wildman–Crippen MR) is 36.2 cm³/mol. The van der Waals surface area contributed by atoms with Gasteiger partial charge in [-0.2, -0.15) is 0 Å². The Bertz CT molecular complexity index is 55.7. The second-order valence-corrected chi connectivity index (χ2v) is 1.99. The van der Waals surface area contributed by atoms with E-state index in [4.69, 9.17) is 10.2 Å². The lowest BCUT2D eigenvalue weighted by atomic mass is 10.4. The summed E-state index contributed by atoms with van der Waals surface area (Å²) < 4.78 is 0. The van der Waals surface area contributed by atoms with E-state index in [1.807, 2.05) is 0 Å². The highest BCUT2D eigenvalue weighted by Gasteiger charge is 2.00. The molecular formula is C6H14NO3. The second-order valence-electron chi connectivity index (χ2n) is 1.99. The van der Waals surface area contributed by atoms with Gasteiger partial charge < -0.3 is 10.2 Å². The molecule has 4 heteroatoms. The predicted octanol–water partition coefficient (Wildman–Crippen LogP) is -1.30. The molecule has 61 valence electrons. The van der Waals surface area contributed by atoms with Gasteiger partial charge >= 0.3 is 0 Å². The maximum atomic E-state index is 10.1. The molecular weight excluding hydrogens is 134 g/mol. The first-order valence-corrected chi connectivity index (χ1v) is 3.37. The van der Waals surface area contributed by atoms with E-state index < -0.39 is 0 Å². The molecule has 0 amide bonds. The molecule has 0 heterocycles. The molecule has 0 aliphatic heterocycles. The summed E-state index contributed by atoms with van der Waals surface area (Å²) in [4.78, 5) is 1.73. The third-order valence-electron chi connectivity index (χ3n) is 1.24. The van der Waals surface area contributed by atoms with E-state index >= 15 is 0 Å². The lowest BCUT2D eigenvalue weighted by Gasteiger charge is -2.17. The summed E-state index contributed by atoms with van der Waals surface area (Å²) in [5.74, 6) is 0. The molecule has 0 spiro atoms. The average Bonchev–Trinajstić information content (AvgIpc) is 1.90. The fourth-order valence-electron chi connectivity index (χ4n) is 0.747. The third-order valence-corrected chi connectivity index (χ3v) is 1.24. The third kappa shape index (κ3) is 4.69. The van der Waals surface area contributed by atoms with Gasteiger partial charge in [0.1, 0.15) is 0 Å². The van der Waals surface area contributed by atoms with Crippen LogP contribution in [-0.4, -0.2) is 54.6 Å². The van der Waals surface area contributed by atoms with Crippen LogP contribution in [0.4, 0.5) is 0 Å². The van der Waals surface area contributed by atoms with Crippen molar-refractivity contribution < 1.29 is 15.3 Å². The molecule has 0 aromatic rings. The molecule has 4 nitrogen and oxygen atoms in total. The minimum atomic E-state index is -0.181. The van der Waals surface area contributed by atoms with Gasteiger partial charge in [-0.3, -0.25) is 4.90 Å². The Morgan fingerprint density at radius 3 is 1.80 bits per heavy atom. The van der Waals surface area contributed by atoms with E-state index in [1.54, 1.807) is 4.90 Å². The van der Waals surface area contributed by atoms with E-state index in [0.29, 0.717) is 19.6 Å². The summed E-state index contributed by atoms with van der Waals surface area (Å²) in [7, 11) is 0. The zero-order chi connectivity index (χ0) is 7.82. The van der Waals surface area contributed by atoms with Crippen LogP contribution >= 0.6 is 0 Å². The van der Waals surface area contributed by atoms with Gasteiger partial charge in [0.15, 0.2) is 0 Å². The average molecular weight is 148 g/mol. The molecule has 0 aromatic heterocycles. The summed E-state index contributed by atoms with van der Waals surface area (Å²) in [6.07, 6.45) is 0. The van der Waals surface area contributed by atoms with Crippen molar-refractivity contribution in [2.45, 2.75) is 0 Å². The highest BCUT2D eigenvalue weighted by molar-refractivity contribution is 4.53. The van der Waals surface area contributed by atoms with Gasteiger partial charge in [-0.25, -0.2) is 5.11 Å². The monoisotopic (exact) mass is 148 g/mol. The lowest BCUT2D eigenvalue weighted by molar-refractivity contribution is 0.110. The largest absolute Gasteiger partial charge is 0.395 e. The van der Waals surface area contributed by atoms with Crippen LogP contribution in [0.1, 0.15) is 0 Å². The Hall–Kier alpha value is -0.160. The van der Waals surface area contributed by atoms with Gasteiger partial charge in [0, 0.05) is 19.6 Å². The molecule has 0 aliphatic carbocycles. The minimum Gasteiger partial charge on any atom is -0.395 e. The highest BCUT2D eigenvalue weighted by atomic mass is 16.3. The van der Waals surface area contributed by atoms with Crippen molar-refractivity contribution >= 4 is 0 Å². The van der Waals surface area contributed by atoms with Crippen LogP contribution in [0, 0.1) is 0 Å². The molecule has 0 saturated carbocycles. The van der Waals surface area contributed by atoms with Crippen LogP contribution in [0.15, 0.2) is 0 Å². The molecule has 2 N–H and O–H groups in total. The number of nitrogens with zero attached hydrogens (tertiary/aromatic N) is 1. The minimum absolute atomic E-state index is 0.0417. The van der Waals surface area contributed by atoms with Crippen LogP contribution in [0.5, 0.6) is 0 Å². The van der Waals surface area contributed by atoms with E-state index in [0.717, 1.165) is 0 Å². The van der Waals surface area contributed by atoms with Crippen molar-refractivity contribution in [1.29, 1.82) is 0 Å². The molecule has 0 saturated heterocycles. The molecule has 0 rings (SSSR count). The van der Waals surface area contributed by atoms with Crippen molar-refractivity contribution in [1.82, 2.24) is 4.90 Å². The van der Waals surface area contributed by atoms with Gasteiger partial charge in [-0.15, -0.1) is 0 Å². The van der Waals surface area contributed by atoms with E-state index in [9.17, 15) is 5.11 Å². The normalized spacial score (nSPS) is 10.8. The fraction of sp³-hybridized carbons (Fsp3) is 1.00. The van der Waals surface area contributed by atoms with E-state index in [-0.39, 0.29) is 19.8 Å². The van der Waals surface area contributed by atoms with Crippen molar-refractivity contribution in [3.05, 3.63) is 0 Å². The number of aliphatic hydroxyl groups excluding tert-OH is 2. The number of hydrogen-bond acceptors (Lipinski definition) is 3. The fourth-order valence-corrected chi connectivity index (χ4v) is 0.747. The van der Waals surface area contributed by atoms with Crippen LogP contribution in [0.25, 0.3) is 0 Å². The first-order valence-electron chi connectivity index (χ1n) is 3.37. The summed E-state index contributed by atoms with van der Waals surface area (Å²) in [5.41, 5.74) is 0. The number of hydrogen-bond donors (Lipinski definition) is 2. The quantitative estimate of drug-likeness (QED) is 0.492. The van der Waals surface area contributed by atoms with E-state index in [2.05, 4.69) is 0 Å². The topological polar surface area (TPSA) is 63.6 Å². The zero-order valence-corrected chi connectivity index (χ0v) is 5.99.